The first-order chi connectivity index (χ1) is 18.9. The van der Waals surface area contributed by atoms with Crippen LogP contribution >= 0.6 is 11.6 Å². The summed E-state index contributed by atoms with van der Waals surface area (Å²) in [6.07, 6.45) is -4.43. The van der Waals surface area contributed by atoms with Crippen molar-refractivity contribution >= 4 is 34.3 Å². The molecule has 0 amide bonds. The topological polar surface area (TPSA) is 77.8 Å². The first kappa shape index (κ1) is 29.0. The lowest BCUT2D eigenvalue weighted by Crippen LogP contribution is -2.23. The largest absolute Gasteiger partial charge is 0.573 e. The van der Waals surface area contributed by atoms with Crippen LogP contribution in [0.25, 0.3) is 10.9 Å². The molecule has 0 unspecified atom stereocenters. The monoisotopic (exact) mass is 573 g/mol. The van der Waals surface area contributed by atoms with Crippen LogP contribution in [0, 0.1) is 6.92 Å². The van der Waals surface area contributed by atoms with E-state index in [-0.39, 0.29) is 12.3 Å². The van der Waals surface area contributed by atoms with Gasteiger partial charge in [0.05, 0.1) is 11.1 Å². The first-order valence-electron chi connectivity index (χ1n) is 12.6. The van der Waals surface area contributed by atoms with E-state index in [2.05, 4.69) is 4.74 Å². The molecule has 4 aromatic rings. The number of halogens is 4. The third-order valence-electron chi connectivity index (χ3n) is 6.55. The fraction of sp³-hybridized carbons (Fsp3) is 0.267. The molecule has 0 fully saturated rings. The number of carboxylic acid groups (broad SMARTS) is 1. The molecule has 40 heavy (non-hydrogen) atoms. The molecule has 210 valence electrons. The van der Waals surface area contributed by atoms with Gasteiger partial charge in [0.2, 0.25) is 0 Å². The Kier molecular flexibility index (Phi) is 8.44. The van der Waals surface area contributed by atoms with Gasteiger partial charge >= 0.3 is 12.3 Å². The fourth-order valence-corrected chi connectivity index (χ4v) is 4.78. The number of hydrogen-bond donors (Lipinski definition) is 1. The number of alkyl halides is 3. The van der Waals surface area contributed by atoms with Crippen LogP contribution in [-0.4, -0.2) is 33.9 Å². The quantitative estimate of drug-likeness (QED) is 0.198. The van der Waals surface area contributed by atoms with Crippen molar-refractivity contribution in [3.8, 4) is 11.5 Å². The minimum absolute atomic E-state index is 0.194. The van der Waals surface area contributed by atoms with E-state index in [1.54, 1.807) is 47.9 Å². The summed E-state index contributed by atoms with van der Waals surface area (Å²) in [6, 6.07) is 15.6. The zero-order valence-corrected chi connectivity index (χ0v) is 22.8. The summed E-state index contributed by atoms with van der Waals surface area (Å²) < 4.78 is 50.7. The molecule has 0 saturated carbocycles. The fourth-order valence-electron chi connectivity index (χ4n) is 4.65. The van der Waals surface area contributed by atoms with Gasteiger partial charge in [-0.05, 0) is 79.9 Å². The van der Waals surface area contributed by atoms with E-state index in [9.17, 15) is 27.9 Å². The van der Waals surface area contributed by atoms with Crippen molar-refractivity contribution in [2.45, 2.75) is 52.6 Å². The Morgan fingerprint density at radius 2 is 1.68 bits per heavy atom. The smallest absolute Gasteiger partial charge is 0.479 e. The van der Waals surface area contributed by atoms with Crippen LogP contribution < -0.4 is 9.47 Å². The average Bonchev–Trinajstić information content (AvgIpc) is 3.15. The SMILES string of the molecule is CCCc1ccc(O[C@@H](C)C(=O)O)cc1Cn1c(C)c(C(=O)c2ccc(Cl)cc2)c2ccc(OC(F)(F)F)cc21. The van der Waals surface area contributed by atoms with Gasteiger partial charge < -0.3 is 19.1 Å². The molecule has 3 aromatic carbocycles. The van der Waals surface area contributed by atoms with Crippen molar-refractivity contribution in [3.63, 3.8) is 0 Å². The molecule has 4 rings (SSSR count). The molecule has 1 atom stereocenters. The van der Waals surface area contributed by atoms with Crippen LogP contribution in [0.2, 0.25) is 5.02 Å². The van der Waals surface area contributed by atoms with Crippen LogP contribution in [0.3, 0.4) is 0 Å². The number of hydrogen-bond acceptors (Lipinski definition) is 4. The van der Waals surface area contributed by atoms with Gasteiger partial charge in [0, 0.05) is 34.3 Å². The molecule has 1 N–H and O–H groups in total. The average molecular weight is 574 g/mol. The van der Waals surface area contributed by atoms with Gasteiger partial charge in [0.1, 0.15) is 11.5 Å². The van der Waals surface area contributed by atoms with Gasteiger partial charge in [-0.15, -0.1) is 13.2 Å². The number of ether oxygens (including phenoxy) is 2. The molecule has 1 aromatic heterocycles. The number of aliphatic carboxylic acids is 1. The number of aryl methyl sites for hydroxylation is 1. The third kappa shape index (κ3) is 6.42. The zero-order valence-electron chi connectivity index (χ0n) is 22.0. The van der Waals surface area contributed by atoms with E-state index in [4.69, 9.17) is 16.3 Å². The number of carbonyl (C=O) groups excluding carboxylic acids is 1. The van der Waals surface area contributed by atoms with E-state index in [0.717, 1.165) is 17.5 Å². The molecule has 0 aliphatic carbocycles. The number of nitrogens with zero attached hydrogens (tertiary/aromatic N) is 1. The second kappa shape index (κ2) is 11.6. The molecule has 10 heteroatoms. The van der Waals surface area contributed by atoms with Crippen molar-refractivity contribution in [1.29, 1.82) is 0 Å². The second-order valence-electron chi connectivity index (χ2n) is 9.39. The molecule has 6 nitrogen and oxygen atoms in total. The van der Waals surface area contributed by atoms with Gasteiger partial charge in [-0.3, -0.25) is 4.79 Å². The molecular formula is C30H27ClF3NO5. The highest BCUT2D eigenvalue weighted by molar-refractivity contribution is 6.30. The Hall–Kier alpha value is -3.98. The standard InChI is InChI=1S/C30H27ClF3NO5/c1-4-5-19-8-11-23(39-18(3)29(37)38)14-21(19)16-35-17(2)27(28(36)20-6-9-22(31)10-7-20)25-13-12-24(15-26(25)35)40-30(32,33)34/h6-15,18H,4-5,16H2,1-3H3,(H,37,38)/t18-/m0/s1. The van der Waals surface area contributed by atoms with Crippen molar-refractivity contribution in [3.05, 3.63) is 93.6 Å². The Labute approximate surface area is 233 Å². The van der Waals surface area contributed by atoms with Crippen LogP contribution in [0.15, 0.2) is 60.7 Å². The maximum Gasteiger partial charge on any atom is 0.573 e. The van der Waals surface area contributed by atoms with Gasteiger partial charge in [-0.1, -0.05) is 31.0 Å². The van der Waals surface area contributed by atoms with E-state index in [1.165, 1.54) is 25.1 Å². The summed E-state index contributed by atoms with van der Waals surface area (Å²) in [6.45, 7) is 5.36. The number of carboxylic acids is 1. The molecular weight excluding hydrogens is 547 g/mol. The number of carbonyl (C=O) groups is 2. The lowest BCUT2D eigenvalue weighted by molar-refractivity contribution is -0.274. The van der Waals surface area contributed by atoms with Crippen LogP contribution in [0.1, 0.15) is 53.0 Å². The van der Waals surface area contributed by atoms with Crippen LogP contribution in [0.5, 0.6) is 11.5 Å². The molecule has 0 bridgehead atoms. The Balaban J connectivity index is 1.87. The molecule has 0 aliphatic rings. The Morgan fingerprint density at radius 1 is 1.00 bits per heavy atom. The zero-order chi connectivity index (χ0) is 29.2. The first-order valence-corrected chi connectivity index (χ1v) is 13.0. The summed E-state index contributed by atoms with van der Waals surface area (Å²) in [7, 11) is 0. The Bertz CT molecular complexity index is 1560. The van der Waals surface area contributed by atoms with Crippen LogP contribution in [0.4, 0.5) is 13.2 Å². The summed E-state index contributed by atoms with van der Waals surface area (Å²) in [5, 5.41) is 10.2. The maximum absolute atomic E-state index is 13.6. The van der Waals surface area contributed by atoms with Crippen LogP contribution in [-0.2, 0) is 17.8 Å². The van der Waals surface area contributed by atoms with E-state index < -0.39 is 24.2 Å². The number of benzene rings is 3. The maximum atomic E-state index is 13.6. The molecule has 0 saturated heterocycles. The van der Waals surface area contributed by atoms with E-state index in [1.807, 2.05) is 13.0 Å². The predicted molar refractivity (Wildman–Crippen MR) is 146 cm³/mol. The number of fused-ring (bicyclic) bond motifs is 1. The summed E-state index contributed by atoms with van der Waals surface area (Å²) in [4.78, 5) is 25.0. The van der Waals surface area contributed by atoms with E-state index >= 15 is 0 Å². The minimum Gasteiger partial charge on any atom is -0.479 e. The highest BCUT2D eigenvalue weighted by Gasteiger charge is 2.32. The predicted octanol–water partition coefficient (Wildman–Crippen LogP) is 7.59. The summed E-state index contributed by atoms with van der Waals surface area (Å²) >= 11 is 5.99. The van der Waals surface area contributed by atoms with Crippen molar-refractivity contribution in [2.75, 3.05) is 0 Å². The van der Waals surface area contributed by atoms with Gasteiger partial charge in [0.15, 0.2) is 11.9 Å². The minimum atomic E-state index is -4.89. The summed E-state index contributed by atoms with van der Waals surface area (Å²) in [5.74, 6) is -1.49. The normalized spacial score (nSPS) is 12.4. The lowest BCUT2D eigenvalue weighted by atomic mass is 10.0. The molecule has 0 radical (unpaired) electrons. The van der Waals surface area contributed by atoms with Crippen molar-refractivity contribution in [2.24, 2.45) is 0 Å². The highest BCUT2D eigenvalue weighted by atomic mass is 35.5. The second-order valence-corrected chi connectivity index (χ2v) is 9.82. The van der Waals surface area contributed by atoms with Crippen molar-refractivity contribution in [1.82, 2.24) is 4.57 Å². The van der Waals surface area contributed by atoms with Gasteiger partial charge in [-0.2, -0.15) is 0 Å². The number of aromatic nitrogens is 1. The molecule has 0 aliphatic heterocycles. The summed E-state index contributed by atoms with van der Waals surface area (Å²) in [5.41, 5.74) is 3.40. The Morgan fingerprint density at radius 3 is 2.30 bits per heavy atom. The van der Waals surface area contributed by atoms with E-state index in [0.29, 0.717) is 44.9 Å². The molecule has 1 heterocycles. The molecule has 0 spiro atoms. The number of ketones is 1. The highest BCUT2D eigenvalue weighted by Crippen LogP contribution is 2.34. The van der Waals surface area contributed by atoms with Gasteiger partial charge in [0.25, 0.3) is 0 Å². The van der Waals surface area contributed by atoms with Crippen molar-refractivity contribution < 1.29 is 37.3 Å². The van der Waals surface area contributed by atoms with Gasteiger partial charge in [-0.25, -0.2) is 4.79 Å². The third-order valence-corrected chi connectivity index (χ3v) is 6.80. The lowest BCUT2D eigenvalue weighted by Gasteiger charge is -2.17. The number of rotatable bonds is 10.